The van der Waals surface area contributed by atoms with Crippen molar-refractivity contribution >= 4 is 11.8 Å². The molecule has 3 heterocycles. The van der Waals surface area contributed by atoms with Gasteiger partial charge < -0.3 is 20.9 Å². The first-order valence-corrected chi connectivity index (χ1v) is 9.82. The Labute approximate surface area is 157 Å². The molecule has 0 amide bonds. The van der Waals surface area contributed by atoms with Gasteiger partial charge in [0.25, 0.3) is 0 Å². The van der Waals surface area contributed by atoms with Crippen molar-refractivity contribution in [2.75, 3.05) is 57.8 Å². The topological polar surface area (TPSA) is 73.0 Å². The zero-order valence-electron chi connectivity index (χ0n) is 16.2. The lowest BCUT2D eigenvalue weighted by atomic mass is 10.2. The Kier molecular flexibility index (Phi) is 6.68. The van der Waals surface area contributed by atoms with Crippen molar-refractivity contribution in [1.82, 2.24) is 20.1 Å². The molecule has 0 aromatic carbocycles. The van der Waals surface area contributed by atoms with Crippen LogP contribution in [0.5, 0.6) is 0 Å². The number of likely N-dealkylation sites (tertiary alicyclic amines) is 1. The molecule has 2 aliphatic heterocycles. The summed E-state index contributed by atoms with van der Waals surface area (Å²) in [6.45, 7) is 10.2. The van der Waals surface area contributed by atoms with Crippen molar-refractivity contribution in [3.8, 4) is 0 Å². The van der Waals surface area contributed by atoms with E-state index in [0.29, 0.717) is 18.5 Å². The average Bonchev–Trinajstić information content (AvgIpc) is 3.13. The van der Waals surface area contributed by atoms with Crippen LogP contribution in [0, 0.1) is 0 Å². The van der Waals surface area contributed by atoms with Crippen molar-refractivity contribution in [1.29, 1.82) is 0 Å². The van der Waals surface area contributed by atoms with Gasteiger partial charge in [0.2, 0.25) is 0 Å². The van der Waals surface area contributed by atoms with Crippen molar-refractivity contribution in [3.63, 3.8) is 0 Å². The summed E-state index contributed by atoms with van der Waals surface area (Å²) >= 11 is 0. The molecule has 2 aliphatic rings. The Balaban J connectivity index is 1.50. The van der Waals surface area contributed by atoms with E-state index in [1.807, 2.05) is 12.3 Å². The number of guanidine groups is 1. The molecular formula is C19H33N7. The Morgan fingerprint density at radius 3 is 2.88 bits per heavy atom. The summed E-state index contributed by atoms with van der Waals surface area (Å²) in [6, 6.07) is 4.74. The second kappa shape index (κ2) is 9.19. The fraction of sp³-hybridized carbons (Fsp3) is 0.684. The lowest BCUT2D eigenvalue weighted by Crippen LogP contribution is -2.44. The highest BCUT2D eigenvalue weighted by Gasteiger charge is 2.22. The van der Waals surface area contributed by atoms with Gasteiger partial charge in [0.1, 0.15) is 5.82 Å². The van der Waals surface area contributed by atoms with E-state index in [1.165, 1.54) is 19.4 Å². The standard InChI is InChI=1S/C19H33N7/c1-3-25-8-4-5-17(25)15-23-19(20)22-14-16-6-7-21-18(13-16)26-11-9-24(2)10-12-26/h6-7,13,17H,3-5,8-12,14-15H2,1-2H3,(H3,20,22,23). The van der Waals surface area contributed by atoms with Crippen LogP contribution in [0.3, 0.4) is 0 Å². The number of nitrogens with one attached hydrogen (secondary N) is 1. The van der Waals surface area contributed by atoms with Crippen molar-refractivity contribution < 1.29 is 0 Å². The molecule has 1 aromatic heterocycles. The Morgan fingerprint density at radius 1 is 1.31 bits per heavy atom. The van der Waals surface area contributed by atoms with E-state index in [1.54, 1.807) is 0 Å². The Bertz CT molecular complexity index is 595. The zero-order valence-corrected chi connectivity index (χ0v) is 16.2. The van der Waals surface area contributed by atoms with Crippen molar-refractivity contribution in [2.45, 2.75) is 32.4 Å². The molecule has 0 radical (unpaired) electrons. The average molecular weight is 360 g/mol. The van der Waals surface area contributed by atoms with Crippen LogP contribution in [-0.2, 0) is 6.54 Å². The van der Waals surface area contributed by atoms with Crippen molar-refractivity contribution in [3.05, 3.63) is 23.9 Å². The zero-order chi connectivity index (χ0) is 18.4. The summed E-state index contributed by atoms with van der Waals surface area (Å²) in [5.41, 5.74) is 7.22. The maximum absolute atomic E-state index is 6.07. The van der Waals surface area contributed by atoms with Gasteiger partial charge in [-0.05, 0) is 50.7 Å². The van der Waals surface area contributed by atoms with Gasteiger partial charge in [0.05, 0.1) is 6.54 Å². The van der Waals surface area contributed by atoms with Crippen LogP contribution < -0.4 is 16.0 Å². The molecule has 0 aliphatic carbocycles. The third-order valence-corrected chi connectivity index (χ3v) is 5.49. The number of nitrogens with zero attached hydrogens (tertiary/aromatic N) is 5. The third-order valence-electron chi connectivity index (χ3n) is 5.49. The van der Waals surface area contributed by atoms with E-state index in [2.05, 4.69) is 50.0 Å². The van der Waals surface area contributed by atoms with Crippen LogP contribution >= 0.6 is 0 Å². The lowest BCUT2D eigenvalue weighted by molar-refractivity contribution is 0.267. The van der Waals surface area contributed by atoms with E-state index < -0.39 is 0 Å². The second-order valence-corrected chi connectivity index (χ2v) is 7.32. The molecule has 0 spiro atoms. The second-order valence-electron chi connectivity index (χ2n) is 7.32. The molecule has 3 N–H and O–H groups in total. The summed E-state index contributed by atoms with van der Waals surface area (Å²) in [4.78, 5) is 16.2. The van der Waals surface area contributed by atoms with E-state index in [0.717, 1.165) is 50.6 Å². The van der Waals surface area contributed by atoms with Gasteiger partial charge in [0.15, 0.2) is 5.96 Å². The summed E-state index contributed by atoms with van der Waals surface area (Å²) in [5.74, 6) is 1.58. The smallest absolute Gasteiger partial charge is 0.188 e. The van der Waals surface area contributed by atoms with Gasteiger partial charge >= 0.3 is 0 Å². The number of aromatic nitrogens is 1. The van der Waals surface area contributed by atoms with E-state index in [4.69, 9.17) is 5.73 Å². The maximum Gasteiger partial charge on any atom is 0.188 e. The Morgan fingerprint density at radius 2 is 2.12 bits per heavy atom. The highest BCUT2D eigenvalue weighted by atomic mass is 15.3. The predicted molar refractivity (Wildman–Crippen MR) is 108 cm³/mol. The molecule has 2 saturated heterocycles. The quantitative estimate of drug-likeness (QED) is 0.576. The molecule has 0 saturated carbocycles. The minimum Gasteiger partial charge on any atom is -0.370 e. The molecule has 1 unspecified atom stereocenters. The van der Waals surface area contributed by atoms with E-state index in [9.17, 15) is 0 Å². The summed E-state index contributed by atoms with van der Waals surface area (Å²) in [7, 11) is 2.16. The monoisotopic (exact) mass is 359 g/mol. The molecular weight excluding hydrogens is 326 g/mol. The van der Waals surface area contributed by atoms with Gasteiger partial charge in [-0.2, -0.15) is 0 Å². The molecule has 1 aromatic rings. The molecule has 26 heavy (non-hydrogen) atoms. The van der Waals surface area contributed by atoms with Gasteiger partial charge in [-0.25, -0.2) is 9.98 Å². The molecule has 1 atom stereocenters. The molecule has 7 heteroatoms. The number of hydrogen-bond donors (Lipinski definition) is 2. The SMILES string of the molecule is CCN1CCCC1CNC(N)=NCc1ccnc(N2CCN(C)CC2)c1. The largest absolute Gasteiger partial charge is 0.370 e. The van der Waals surface area contributed by atoms with Crippen LogP contribution in [0.1, 0.15) is 25.3 Å². The number of pyridine rings is 1. The number of anilines is 1. The van der Waals surface area contributed by atoms with E-state index >= 15 is 0 Å². The number of rotatable bonds is 6. The summed E-state index contributed by atoms with van der Waals surface area (Å²) < 4.78 is 0. The number of aliphatic imine (C=N–C) groups is 1. The normalized spacial score (nSPS) is 22.8. The fourth-order valence-corrected chi connectivity index (χ4v) is 3.76. The fourth-order valence-electron chi connectivity index (χ4n) is 3.76. The summed E-state index contributed by atoms with van der Waals surface area (Å²) in [6.07, 6.45) is 4.40. The minimum atomic E-state index is 0.533. The highest BCUT2D eigenvalue weighted by molar-refractivity contribution is 5.77. The number of piperazine rings is 1. The molecule has 144 valence electrons. The minimum absolute atomic E-state index is 0.533. The number of hydrogen-bond acceptors (Lipinski definition) is 5. The van der Waals surface area contributed by atoms with Gasteiger partial charge in [0, 0.05) is 45.0 Å². The summed E-state index contributed by atoms with van der Waals surface area (Å²) in [5, 5.41) is 3.30. The maximum atomic E-state index is 6.07. The van der Waals surface area contributed by atoms with Gasteiger partial charge in [-0.3, -0.25) is 4.90 Å². The van der Waals surface area contributed by atoms with Crippen LogP contribution in [-0.4, -0.2) is 79.6 Å². The third kappa shape index (κ3) is 5.08. The number of likely N-dealkylation sites (N-methyl/N-ethyl adjacent to an activating group) is 2. The lowest BCUT2D eigenvalue weighted by Gasteiger charge is -2.33. The molecule has 2 fully saturated rings. The van der Waals surface area contributed by atoms with Crippen LogP contribution in [0.4, 0.5) is 5.82 Å². The predicted octanol–water partition coefficient (Wildman–Crippen LogP) is 0.722. The first kappa shape index (κ1) is 18.9. The van der Waals surface area contributed by atoms with Gasteiger partial charge in [-0.1, -0.05) is 6.92 Å². The first-order valence-electron chi connectivity index (χ1n) is 9.82. The molecule has 7 nitrogen and oxygen atoms in total. The van der Waals surface area contributed by atoms with E-state index in [-0.39, 0.29) is 0 Å². The number of nitrogens with two attached hydrogens (primary N) is 1. The van der Waals surface area contributed by atoms with Crippen molar-refractivity contribution in [2.24, 2.45) is 10.7 Å². The first-order chi connectivity index (χ1) is 12.7. The van der Waals surface area contributed by atoms with Crippen LogP contribution in [0.15, 0.2) is 23.3 Å². The highest BCUT2D eigenvalue weighted by Crippen LogP contribution is 2.16. The molecule has 3 rings (SSSR count). The van der Waals surface area contributed by atoms with Crippen LogP contribution in [0.2, 0.25) is 0 Å². The Hall–Kier alpha value is -1.86. The van der Waals surface area contributed by atoms with Gasteiger partial charge in [-0.15, -0.1) is 0 Å². The van der Waals surface area contributed by atoms with Crippen LogP contribution in [0.25, 0.3) is 0 Å². The molecule has 0 bridgehead atoms.